The molecule has 0 heterocycles. The molecule has 0 radical (unpaired) electrons. The standard InChI is InChI=1S/C17H18FN3O5S/c1-2-20(12-17(22)19-11-13-7-9-14(18)10-8-13)27(25,26)16-6-4-3-5-15(16)21(23)24/h3-10H,2,11-12H2,1H3,(H,19,22). The third kappa shape index (κ3) is 5.08. The molecule has 0 atom stereocenters. The van der Waals surface area contributed by atoms with Crippen molar-refractivity contribution in [2.75, 3.05) is 13.1 Å². The van der Waals surface area contributed by atoms with Crippen LogP contribution in [0.4, 0.5) is 10.1 Å². The number of nitrogens with one attached hydrogen (secondary N) is 1. The highest BCUT2D eigenvalue weighted by Gasteiger charge is 2.31. The molecule has 0 aliphatic rings. The minimum absolute atomic E-state index is 0.0433. The summed E-state index contributed by atoms with van der Waals surface area (Å²) in [5.74, 6) is -0.985. The zero-order valence-electron chi connectivity index (χ0n) is 14.5. The summed E-state index contributed by atoms with van der Waals surface area (Å²) in [7, 11) is -4.23. The number of halogens is 1. The first-order valence-electron chi connectivity index (χ1n) is 8.00. The number of amides is 1. The Balaban J connectivity index is 2.12. The lowest BCUT2D eigenvalue weighted by molar-refractivity contribution is -0.387. The van der Waals surface area contributed by atoms with E-state index >= 15 is 0 Å². The summed E-state index contributed by atoms with van der Waals surface area (Å²) in [4.78, 5) is 22.0. The van der Waals surface area contributed by atoms with E-state index in [1.807, 2.05) is 0 Å². The zero-order valence-corrected chi connectivity index (χ0v) is 15.3. The van der Waals surface area contributed by atoms with Gasteiger partial charge in [0, 0.05) is 19.2 Å². The van der Waals surface area contributed by atoms with Gasteiger partial charge in [-0.05, 0) is 23.8 Å². The molecular weight excluding hydrogens is 377 g/mol. The fourth-order valence-corrected chi connectivity index (χ4v) is 3.91. The number of carbonyl (C=O) groups excluding carboxylic acids is 1. The minimum Gasteiger partial charge on any atom is -0.351 e. The van der Waals surface area contributed by atoms with E-state index in [4.69, 9.17) is 0 Å². The molecule has 0 saturated heterocycles. The molecule has 2 aromatic carbocycles. The normalized spacial score (nSPS) is 11.4. The summed E-state index contributed by atoms with van der Waals surface area (Å²) in [5.41, 5.74) is 0.0945. The number of sulfonamides is 1. The summed E-state index contributed by atoms with van der Waals surface area (Å²) in [6, 6.07) is 10.5. The highest BCUT2D eigenvalue weighted by Crippen LogP contribution is 2.26. The monoisotopic (exact) mass is 395 g/mol. The van der Waals surface area contributed by atoms with Gasteiger partial charge in [0.25, 0.3) is 5.69 Å². The summed E-state index contributed by atoms with van der Waals surface area (Å²) in [6.07, 6.45) is 0. The first-order valence-corrected chi connectivity index (χ1v) is 9.44. The topological polar surface area (TPSA) is 110 Å². The quantitative estimate of drug-likeness (QED) is 0.543. The van der Waals surface area contributed by atoms with Crippen LogP contribution in [-0.4, -0.2) is 36.6 Å². The van der Waals surface area contributed by atoms with Crippen molar-refractivity contribution in [1.29, 1.82) is 0 Å². The molecule has 0 spiro atoms. The van der Waals surface area contributed by atoms with Gasteiger partial charge < -0.3 is 5.32 Å². The lowest BCUT2D eigenvalue weighted by Gasteiger charge is -2.20. The summed E-state index contributed by atoms with van der Waals surface area (Å²) in [5, 5.41) is 13.6. The third-order valence-corrected chi connectivity index (χ3v) is 5.72. The van der Waals surface area contributed by atoms with Gasteiger partial charge in [0.15, 0.2) is 4.90 Å². The van der Waals surface area contributed by atoms with Gasteiger partial charge in [0.2, 0.25) is 15.9 Å². The van der Waals surface area contributed by atoms with Crippen LogP contribution in [0.5, 0.6) is 0 Å². The lowest BCUT2D eigenvalue weighted by atomic mass is 10.2. The van der Waals surface area contributed by atoms with Crippen LogP contribution in [0.15, 0.2) is 53.4 Å². The van der Waals surface area contributed by atoms with Crippen LogP contribution >= 0.6 is 0 Å². The molecular formula is C17H18FN3O5S. The summed E-state index contributed by atoms with van der Waals surface area (Å²) < 4.78 is 39.2. The smallest absolute Gasteiger partial charge is 0.289 e. The predicted octanol–water partition coefficient (Wildman–Crippen LogP) is 2.06. The van der Waals surface area contributed by atoms with E-state index < -0.39 is 43.8 Å². The Morgan fingerprint density at radius 2 is 1.81 bits per heavy atom. The van der Waals surface area contributed by atoms with Crippen molar-refractivity contribution < 1.29 is 22.5 Å². The van der Waals surface area contributed by atoms with Crippen LogP contribution in [0.2, 0.25) is 0 Å². The van der Waals surface area contributed by atoms with Gasteiger partial charge in [-0.25, -0.2) is 12.8 Å². The van der Waals surface area contributed by atoms with Crippen LogP contribution in [0.1, 0.15) is 12.5 Å². The molecule has 0 saturated carbocycles. The highest BCUT2D eigenvalue weighted by molar-refractivity contribution is 7.89. The number of carbonyl (C=O) groups is 1. The molecule has 8 nitrogen and oxygen atoms in total. The number of hydrogen-bond donors (Lipinski definition) is 1. The fourth-order valence-electron chi connectivity index (χ4n) is 2.35. The van der Waals surface area contributed by atoms with Gasteiger partial charge in [-0.3, -0.25) is 14.9 Å². The van der Waals surface area contributed by atoms with Crippen molar-refractivity contribution >= 4 is 21.6 Å². The Kier molecular flexibility index (Phi) is 6.59. The molecule has 0 aliphatic heterocycles. The molecule has 0 fully saturated rings. The van der Waals surface area contributed by atoms with Crippen molar-refractivity contribution in [2.45, 2.75) is 18.4 Å². The van der Waals surface area contributed by atoms with Gasteiger partial charge in [0.1, 0.15) is 5.82 Å². The molecule has 144 valence electrons. The van der Waals surface area contributed by atoms with E-state index in [-0.39, 0.29) is 13.1 Å². The number of hydrogen-bond acceptors (Lipinski definition) is 5. The van der Waals surface area contributed by atoms with Gasteiger partial charge in [-0.1, -0.05) is 31.2 Å². The van der Waals surface area contributed by atoms with Gasteiger partial charge in [-0.2, -0.15) is 4.31 Å². The molecule has 2 aromatic rings. The molecule has 0 unspecified atom stereocenters. The van der Waals surface area contributed by atoms with Crippen LogP contribution in [0.3, 0.4) is 0 Å². The molecule has 0 aliphatic carbocycles. The lowest BCUT2D eigenvalue weighted by Crippen LogP contribution is -2.40. The van der Waals surface area contributed by atoms with E-state index in [9.17, 15) is 27.7 Å². The number of nitro benzene ring substituents is 1. The van der Waals surface area contributed by atoms with Crippen molar-refractivity contribution in [2.24, 2.45) is 0 Å². The Hall–Kier alpha value is -2.85. The van der Waals surface area contributed by atoms with E-state index in [0.29, 0.717) is 5.56 Å². The van der Waals surface area contributed by atoms with Crippen LogP contribution in [0.25, 0.3) is 0 Å². The van der Waals surface area contributed by atoms with Crippen LogP contribution in [0, 0.1) is 15.9 Å². The third-order valence-electron chi connectivity index (χ3n) is 3.76. The molecule has 27 heavy (non-hydrogen) atoms. The fraction of sp³-hybridized carbons (Fsp3) is 0.235. The van der Waals surface area contributed by atoms with Gasteiger partial charge >= 0.3 is 0 Å². The molecule has 10 heteroatoms. The largest absolute Gasteiger partial charge is 0.351 e. The Morgan fingerprint density at radius 1 is 1.19 bits per heavy atom. The van der Waals surface area contributed by atoms with E-state index in [1.54, 1.807) is 0 Å². The van der Waals surface area contributed by atoms with Crippen LogP contribution < -0.4 is 5.32 Å². The Morgan fingerprint density at radius 3 is 2.41 bits per heavy atom. The highest BCUT2D eigenvalue weighted by atomic mass is 32.2. The SMILES string of the molecule is CCN(CC(=O)NCc1ccc(F)cc1)S(=O)(=O)c1ccccc1[N+](=O)[O-]. The molecule has 2 rings (SSSR count). The number of nitro groups is 1. The number of para-hydroxylation sites is 1. The first kappa shape index (κ1) is 20.5. The van der Waals surface area contributed by atoms with E-state index in [2.05, 4.69) is 5.32 Å². The molecule has 1 amide bonds. The van der Waals surface area contributed by atoms with Crippen molar-refractivity contribution in [3.8, 4) is 0 Å². The molecule has 1 N–H and O–H groups in total. The zero-order chi connectivity index (χ0) is 20.0. The summed E-state index contributed by atoms with van der Waals surface area (Å²) in [6.45, 7) is 1.09. The van der Waals surface area contributed by atoms with Gasteiger partial charge in [0.05, 0.1) is 11.5 Å². The predicted molar refractivity (Wildman–Crippen MR) is 95.8 cm³/mol. The average molecular weight is 395 g/mol. The number of nitrogens with zero attached hydrogens (tertiary/aromatic N) is 2. The second kappa shape index (κ2) is 8.69. The second-order valence-corrected chi connectivity index (χ2v) is 7.47. The minimum atomic E-state index is -4.23. The maximum absolute atomic E-state index is 12.9. The van der Waals surface area contributed by atoms with E-state index in [0.717, 1.165) is 16.4 Å². The Bertz CT molecular complexity index is 932. The van der Waals surface area contributed by atoms with Crippen molar-refractivity contribution in [3.05, 3.63) is 70.0 Å². The number of benzene rings is 2. The Labute approximate surface area is 155 Å². The van der Waals surface area contributed by atoms with Gasteiger partial charge in [-0.15, -0.1) is 0 Å². The average Bonchev–Trinajstić information content (AvgIpc) is 2.65. The van der Waals surface area contributed by atoms with Crippen molar-refractivity contribution in [1.82, 2.24) is 9.62 Å². The summed E-state index contributed by atoms with van der Waals surface area (Å²) >= 11 is 0. The first-order chi connectivity index (χ1) is 12.8. The van der Waals surface area contributed by atoms with E-state index in [1.165, 1.54) is 43.3 Å². The molecule has 0 aromatic heterocycles. The second-order valence-electron chi connectivity index (χ2n) is 5.56. The molecule has 0 bridgehead atoms. The number of likely N-dealkylation sites (N-methyl/N-ethyl adjacent to an activating group) is 1. The maximum Gasteiger partial charge on any atom is 0.289 e. The maximum atomic E-state index is 12.9. The van der Waals surface area contributed by atoms with Crippen LogP contribution in [-0.2, 0) is 21.4 Å². The van der Waals surface area contributed by atoms with Crippen molar-refractivity contribution in [3.63, 3.8) is 0 Å². The number of rotatable bonds is 8.